The van der Waals surface area contributed by atoms with Gasteiger partial charge in [-0.25, -0.2) is 0 Å². The Bertz CT molecular complexity index is 6.00. The molecule has 0 saturated heterocycles. The van der Waals surface area contributed by atoms with Gasteiger partial charge in [-0.1, -0.05) is 0 Å². The normalized spacial score (nSPS) is 4.25. The van der Waals surface area contributed by atoms with E-state index in [0.717, 1.165) is 0 Å². The van der Waals surface area contributed by atoms with Gasteiger partial charge in [-0.05, 0) is 0 Å². The molecule has 0 aliphatic heterocycles. The first-order valence-corrected chi connectivity index (χ1v) is 0.911. The van der Waals surface area contributed by atoms with Crippen molar-refractivity contribution in [1.82, 2.24) is 0 Å². The number of hydrogen-bond acceptors (Lipinski definition) is 0. The summed E-state index contributed by atoms with van der Waals surface area (Å²) in [5.41, 5.74) is 0. The first-order valence-electron chi connectivity index (χ1n) is 0.911. The van der Waals surface area contributed by atoms with Crippen molar-refractivity contribution >= 4 is 7.85 Å². The standard InChI is InChI=1S/C2H4B.Rf/c1-2-3;/h2H,1H3;/q-1;. The first kappa shape index (κ1) is 11.5. The van der Waals surface area contributed by atoms with Crippen molar-refractivity contribution in [2.75, 3.05) is 0 Å². The Morgan fingerprint density at radius 2 is 1.75 bits per heavy atom. The topological polar surface area (TPSA) is 0 Å². The molecule has 0 rings (SSSR count). The molecule has 0 aromatic rings. The third-order valence-electron chi connectivity index (χ3n) is 0. The van der Waals surface area contributed by atoms with Crippen LogP contribution in [0.5, 0.6) is 0 Å². The summed E-state index contributed by atoms with van der Waals surface area (Å²) in [7, 11) is 4.72. The number of rotatable bonds is 0. The minimum Gasteiger partial charge on any atom is -0.370 e. The fraction of sp³-hybridized carbons (Fsp3) is 0.500. The van der Waals surface area contributed by atoms with E-state index in [2.05, 4.69) is 0 Å². The summed E-state index contributed by atoms with van der Waals surface area (Å²) >= 11 is 0. The van der Waals surface area contributed by atoms with E-state index in [4.69, 9.17) is 7.85 Å². The number of hydrogen-bond donors (Lipinski definition) is 0. The summed E-state index contributed by atoms with van der Waals surface area (Å²) < 4.78 is 0. The molecular formula is C2H4BRf-. The smallest absolute Gasteiger partial charge is 0 e. The largest absolute Gasteiger partial charge is 0.370 e. The maximum absolute atomic E-state index is 4.72. The second-order valence-corrected chi connectivity index (χ2v) is 0.333. The van der Waals surface area contributed by atoms with Crippen LogP contribution in [0.1, 0.15) is 6.92 Å². The van der Waals surface area contributed by atoms with E-state index in [1.54, 1.807) is 6.92 Å². The van der Waals surface area contributed by atoms with E-state index in [1.807, 2.05) is 0 Å². The summed E-state index contributed by atoms with van der Waals surface area (Å²) in [5, 5.41) is 0. The van der Waals surface area contributed by atoms with E-state index in [1.165, 1.54) is 6.32 Å². The third kappa shape index (κ3) is 0.00514. The van der Waals surface area contributed by atoms with Crippen LogP contribution >= 0.6 is 0 Å². The molecule has 0 fully saturated rings. The van der Waals surface area contributed by atoms with Crippen molar-refractivity contribution < 1.29 is 0 Å². The fourth-order valence-corrected chi connectivity index (χ4v) is 0. The maximum atomic E-state index is 4.72. The molecule has 2 radical (unpaired) electrons. The fourth-order valence-electron chi connectivity index (χ4n) is 0. The molecule has 4 heavy (non-hydrogen) atoms. The zero-order chi connectivity index (χ0) is 2.71. The molecule has 0 aliphatic carbocycles. The van der Waals surface area contributed by atoms with Crippen LogP contribution in [-0.2, 0) is 0 Å². The molecule has 0 N–H and O–H groups in total. The van der Waals surface area contributed by atoms with Gasteiger partial charge in [0.05, 0.1) is 0 Å². The van der Waals surface area contributed by atoms with Crippen LogP contribution < -0.4 is 0 Å². The Kier molecular flexibility index (Phi) is 1600. The van der Waals surface area contributed by atoms with Crippen molar-refractivity contribution in [3.63, 3.8) is 0 Å². The van der Waals surface area contributed by atoms with Crippen molar-refractivity contribution in [3.05, 3.63) is 6.32 Å². The van der Waals surface area contributed by atoms with Gasteiger partial charge >= 0.3 is 0 Å². The molecule has 0 heterocycles. The van der Waals surface area contributed by atoms with E-state index in [0.29, 0.717) is 0 Å². The predicted molar refractivity (Wildman–Crippen MR) is 15.7 cm³/mol. The summed E-state index contributed by atoms with van der Waals surface area (Å²) in [5.74, 6) is 0. The molecule has 0 amide bonds. The van der Waals surface area contributed by atoms with Crippen LogP contribution in [0.3, 0.4) is 0 Å². The molecule has 0 unspecified atom stereocenters. The van der Waals surface area contributed by atoms with E-state index < -0.39 is 0 Å². The van der Waals surface area contributed by atoms with Crippen LogP contribution in [0.15, 0.2) is 0 Å². The molecule has 0 aliphatic rings. The van der Waals surface area contributed by atoms with Gasteiger partial charge in [0.1, 0.15) is 0 Å². The van der Waals surface area contributed by atoms with E-state index in [-0.39, 0.29) is 0 Å². The molecule has 0 aromatic carbocycles. The minimum atomic E-state index is 0. The molecule has 0 aromatic heterocycles. The Balaban J connectivity index is 0. The second kappa shape index (κ2) is 555. The van der Waals surface area contributed by atoms with E-state index >= 15 is 0 Å². The van der Waals surface area contributed by atoms with Gasteiger partial charge in [-0.2, -0.15) is 14.8 Å². The Morgan fingerprint density at radius 3 is 1.75 bits per heavy atom. The van der Waals surface area contributed by atoms with Crippen LogP contribution in [0.2, 0.25) is 0 Å². The minimum absolute atomic E-state index is 0. The Hall–Kier alpha value is -0.935. The molecule has 0 atom stereocenters. The Labute approximate surface area is 22.3 Å². The third-order valence-corrected chi connectivity index (χ3v) is 0. The molecule has 0 bridgehead atoms. The van der Waals surface area contributed by atoms with Crippen LogP contribution in [0, 0.1) is 6.32 Å². The van der Waals surface area contributed by atoms with Gasteiger partial charge in [-0.15, -0.1) is 0 Å². The monoisotopic (exact) mass is 306 g/mol. The van der Waals surface area contributed by atoms with Crippen LogP contribution in [0.25, 0.3) is 0 Å². The second-order valence-electron chi connectivity index (χ2n) is 0.333. The molecular weight excluding hydrogens is 302 g/mol. The predicted octanol–water partition coefficient (Wildman–Crippen LogP) is 0.337. The summed E-state index contributed by atoms with van der Waals surface area (Å²) in [6.45, 7) is 1.78. The van der Waals surface area contributed by atoms with Gasteiger partial charge in [0.15, 0.2) is 0 Å². The van der Waals surface area contributed by atoms with Gasteiger partial charge in [0, 0.05) is 0 Å². The zero-order valence-electron chi connectivity index (χ0n) is 2.86. The Morgan fingerprint density at radius 1 is 1.75 bits per heavy atom. The molecule has 0 nitrogen and oxygen atoms in total. The van der Waals surface area contributed by atoms with Crippen LogP contribution in [0.4, 0.5) is 0 Å². The van der Waals surface area contributed by atoms with Crippen molar-refractivity contribution in [2.45, 2.75) is 6.92 Å². The van der Waals surface area contributed by atoms with E-state index in [9.17, 15) is 0 Å². The van der Waals surface area contributed by atoms with Gasteiger partial charge < -0.3 is 6.32 Å². The summed E-state index contributed by atoms with van der Waals surface area (Å²) in [4.78, 5) is 0. The summed E-state index contributed by atoms with van der Waals surface area (Å²) in [6.07, 6.45) is 1.50. The first-order chi connectivity index (χ1) is 1.41. The quantitative estimate of drug-likeness (QED) is 0.447. The molecule has 18 valence electrons. The van der Waals surface area contributed by atoms with Crippen LogP contribution in [-0.4, -0.2) is 7.85 Å². The van der Waals surface area contributed by atoms with Gasteiger partial charge in [0.2, 0.25) is 0 Å². The van der Waals surface area contributed by atoms with Gasteiger partial charge in [0.25, 0.3) is 0 Å². The molecule has 0 saturated carbocycles. The van der Waals surface area contributed by atoms with Gasteiger partial charge in [-0.3, -0.25) is 0 Å². The maximum Gasteiger partial charge on any atom is 0 e. The molecule has 0 spiro atoms. The van der Waals surface area contributed by atoms with Crippen molar-refractivity contribution in [2.24, 2.45) is 0 Å². The van der Waals surface area contributed by atoms with Crippen molar-refractivity contribution in [3.8, 4) is 0 Å². The SMILES string of the molecule is [B][CH-]C.[Rf]. The average Bonchev–Trinajstić information content (AvgIpc) is 0.918. The molecule has 2 heteroatoms. The van der Waals surface area contributed by atoms with Crippen molar-refractivity contribution in [1.29, 1.82) is 0 Å². The summed E-state index contributed by atoms with van der Waals surface area (Å²) in [6, 6.07) is 0. The zero-order valence-corrected chi connectivity index (χ0v) is 9.26. The average molecular weight is 306 g/mol.